The second-order valence-electron chi connectivity index (χ2n) is 8.68. The molecule has 1 aromatic heterocycles. The van der Waals surface area contributed by atoms with Crippen molar-refractivity contribution in [3.05, 3.63) is 47.3 Å². The van der Waals surface area contributed by atoms with Crippen LogP contribution in [-0.4, -0.2) is 28.5 Å². The number of fused-ring (bicyclic) bond motifs is 4. The first-order valence-corrected chi connectivity index (χ1v) is 10.4. The smallest absolute Gasteiger partial charge is 0.225 e. The molecule has 0 unspecified atom stereocenters. The Hall–Kier alpha value is -2.23. The molecule has 1 spiro atoms. The van der Waals surface area contributed by atoms with Crippen LogP contribution in [0.3, 0.4) is 0 Å². The lowest BCUT2D eigenvalue weighted by molar-refractivity contribution is -0.136. The maximum absolute atomic E-state index is 12.8. The minimum absolute atomic E-state index is 0.0648. The Labute approximate surface area is 161 Å². The summed E-state index contributed by atoms with van der Waals surface area (Å²) in [5.74, 6) is 0.689. The van der Waals surface area contributed by atoms with Gasteiger partial charge in [-0.25, -0.2) is 0 Å². The van der Waals surface area contributed by atoms with Crippen molar-refractivity contribution < 1.29 is 4.79 Å². The molecule has 2 fully saturated rings. The summed E-state index contributed by atoms with van der Waals surface area (Å²) in [7, 11) is 0. The second kappa shape index (κ2) is 6.15. The Morgan fingerprint density at radius 3 is 2.59 bits per heavy atom. The third-order valence-corrected chi connectivity index (χ3v) is 7.19. The SMILES string of the molecule is Cc1ccc2c(c1C)-n1cccc1C1(CCN(C(=O)C3CCCC3)CC1)N2. The molecule has 3 heterocycles. The molecule has 0 bridgehead atoms. The molecule has 4 heteroatoms. The zero-order valence-electron chi connectivity index (χ0n) is 16.4. The van der Waals surface area contributed by atoms with Gasteiger partial charge in [-0.05, 0) is 68.9 Å². The van der Waals surface area contributed by atoms with E-state index in [4.69, 9.17) is 0 Å². The van der Waals surface area contributed by atoms with Gasteiger partial charge in [-0.3, -0.25) is 4.79 Å². The van der Waals surface area contributed by atoms with Crippen LogP contribution in [0.2, 0.25) is 0 Å². The molecular weight excluding hydrogens is 334 g/mol. The van der Waals surface area contributed by atoms with Crippen molar-refractivity contribution in [3.63, 3.8) is 0 Å². The fourth-order valence-corrected chi connectivity index (χ4v) is 5.42. The Morgan fingerprint density at radius 2 is 1.85 bits per heavy atom. The maximum Gasteiger partial charge on any atom is 0.225 e. The molecule has 1 amide bonds. The molecule has 1 saturated carbocycles. The van der Waals surface area contributed by atoms with Crippen molar-refractivity contribution in [1.82, 2.24) is 9.47 Å². The van der Waals surface area contributed by atoms with E-state index in [2.05, 4.69) is 59.1 Å². The number of anilines is 1. The van der Waals surface area contributed by atoms with Crippen LogP contribution < -0.4 is 5.32 Å². The summed E-state index contributed by atoms with van der Waals surface area (Å²) >= 11 is 0. The molecule has 2 aliphatic heterocycles. The van der Waals surface area contributed by atoms with Gasteiger partial charge >= 0.3 is 0 Å². The van der Waals surface area contributed by atoms with E-state index in [1.165, 1.54) is 41.0 Å². The number of aromatic nitrogens is 1. The number of benzene rings is 1. The van der Waals surface area contributed by atoms with E-state index < -0.39 is 0 Å². The van der Waals surface area contributed by atoms with Crippen LogP contribution in [0.15, 0.2) is 30.5 Å². The second-order valence-corrected chi connectivity index (χ2v) is 8.68. The average molecular weight is 364 g/mol. The van der Waals surface area contributed by atoms with Gasteiger partial charge in [-0.1, -0.05) is 18.9 Å². The van der Waals surface area contributed by atoms with Crippen molar-refractivity contribution in [2.24, 2.45) is 5.92 Å². The Balaban J connectivity index is 1.44. The molecule has 3 aliphatic rings. The molecule has 0 atom stereocenters. The van der Waals surface area contributed by atoms with Crippen LogP contribution in [0.4, 0.5) is 5.69 Å². The Morgan fingerprint density at radius 1 is 1.11 bits per heavy atom. The molecule has 142 valence electrons. The van der Waals surface area contributed by atoms with Gasteiger partial charge in [0.25, 0.3) is 0 Å². The van der Waals surface area contributed by atoms with Crippen LogP contribution >= 0.6 is 0 Å². The maximum atomic E-state index is 12.8. The molecule has 1 aromatic carbocycles. The van der Waals surface area contributed by atoms with Crippen molar-refractivity contribution in [2.75, 3.05) is 18.4 Å². The highest BCUT2D eigenvalue weighted by molar-refractivity contribution is 5.79. The molecule has 0 radical (unpaired) electrons. The molecule has 5 rings (SSSR count). The van der Waals surface area contributed by atoms with E-state index >= 15 is 0 Å². The van der Waals surface area contributed by atoms with Gasteiger partial charge in [-0.15, -0.1) is 0 Å². The predicted molar refractivity (Wildman–Crippen MR) is 108 cm³/mol. The lowest BCUT2D eigenvalue weighted by Crippen LogP contribution is -2.52. The molecule has 2 aromatic rings. The summed E-state index contributed by atoms with van der Waals surface area (Å²) in [6.45, 7) is 6.10. The van der Waals surface area contributed by atoms with Crippen molar-refractivity contribution in [1.29, 1.82) is 0 Å². The van der Waals surface area contributed by atoms with Gasteiger partial charge in [0.15, 0.2) is 0 Å². The number of piperidine rings is 1. The number of carbonyl (C=O) groups is 1. The van der Waals surface area contributed by atoms with E-state index in [-0.39, 0.29) is 11.5 Å². The number of aryl methyl sites for hydroxylation is 1. The van der Waals surface area contributed by atoms with Crippen LogP contribution in [0.1, 0.15) is 55.3 Å². The normalized spacial score (nSPS) is 21.0. The third kappa shape index (κ3) is 2.53. The monoisotopic (exact) mass is 363 g/mol. The number of hydrogen-bond donors (Lipinski definition) is 1. The standard InChI is InChI=1S/C23H29N3O/c1-16-9-10-19-21(17(16)2)26-13-5-8-20(26)23(24-19)11-14-25(15-12-23)22(27)18-6-3-4-7-18/h5,8-10,13,18,24H,3-4,6-7,11-12,14-15H2,1-2H3. The first-order chi connectivity index (χ1) is 13.1. The summed E-state index contributed by atoms with van der Waals surface area (Å²) in [6, 6.07) is 8.85. The first kappa shape index (κ1) is 16.9. The molecule has 1 aliphatic carbocycles. The third-order valence-electron chi connectivity index (χ3n) is 7.19. The van der Waals surface area contributed by atoms with Crippen molar-refractivity contribution in [2.45, 2.75) is 57.9 Å². The van der Waals surface area contributed by atoms with E-state index in [0.29, 0.717) is 5.91 Å². The summed E-state index contributed by atoms with van der Waals surface area (Å²) in [5.41, 5.74) is 6.44. The largest absolute Gasteiger partial charge is 0.372 e. The highest BCUT2D eigenvalue weighted by atomic mass is 16.2. The number of carbonyl (C=O) groups excluding carboxylic acids is 1. The van der Waals surface area contributed by atoms with Crippen LogP contribution in [-0.2, 0) is 10.3 Å². The Bertz CT molecular complexity index is 883. The highest BCUT2D eigenvalue weighted by Crippen LogP contribution is 2.45. The minimum Gasteiger partial charge on any atom is -0.372 e. The number of nitrogens with zero attached hydrogens (tertiary/aromatic N) is 2. The first-order valence-electron chi connectivity index (χ1n) is 10.4. The molecule has 1 N–H and O–H groups in total. The lowest BCUT2D eigenvalue weighted by Gasteiger charge is -2.47. The van der Waals surface area contributed by atoms with E-state index in [1.54, 1.807) is 0 Å². The van der Waals surface area contributed by atoms with Crippen molar-refractivity contribution >= 4 is 11.6 Å². The zero-order chi connectivity index (χ0) is 18.6. The van der Waals surface area contributed by atoms with Gasteiger partial charge in [0.1, 0.15) is 0 Å². The zero-order valence-corrected chi connectivity index (χ0v) is 16.4. The average Bonchev–Trinajstić information content (AvgIpc) is 3.37. The topological polar surface area (TPSA) is 37.3 Å². The molecule has 1 saturated heterocycles. The summed E-state index contributed by atoms with van der Waals surface area (Å²) < 4.78 is 2.38. The van der Waals surface area contributed by atoms with E-state index in [0.717, 1.165) is 38.8 Å². The van der Waals surface area contributed by atoms with Crippen LogP contribution in [0, 0.1) is 19.8 Å². The minimum atomic E-state index is -0.0648. The van der Waals surface area contributed by atoms with Crippen LogP contribution in [0.25, 0.3) is 5.69 Å². The van der Waals surface area contributed by atoms with Gasteiger partial charge in [-0.2, -0.15) is 0 Å². The number of nitrogens with one attached hydrogen (secondary N) is 1. The molecule has 4 nitrogen and oxygen atoms in total. The highest BCUT2D eigenvalue weighted by Gasteiger charge is 2.43. The number of rotatable bonds is 1. The van der Waals surface area contributed by atoms with Crippen molar-refractivity contribution in [3.8, 4) is 5.69 Å². The van der Waals surface area contributed by atoms with E-state index in [9.17, 15) is 4.79 Å². The summed E-state index contributed by atoms with van der Waals surface area (Å²) in [6.07, 6.45) is 8.77. The Kier molecular flexibility index (Phi) is 3.85. The quantitative estimate of drug-likeness (QED) is 0.808. The van der Waals surface area contributed by atoms with Gasteiger partial charge in [0.2, 0.25) is 5.91 Å². The molecule has 27 heavy (non-hydrogen) atoms. The number of likely N-dealkylation sites (tertiary alicyclic amines) is 1. The van der Waals surface area contributed by atoms with Gasteiger partial charge in [0, 0.05) is 30.9 Å². The van der Waals surface area contributed by atoms with E-state index in [1.807, 2.05) is 0 Å². The number of hydrogen-bond acceptors (Lipinski definition) is 2. The van der Waals surface area contributed by atoms with Gasteiger partial charge in [0.05, 0.1) is 16.9 Å². The van der Waals surface area contributed by atoms with Gasteiger partial charge < -0.3 is 14.8 Å². The fourth-order valence-electron chi connectivity index (χ4n) is 5.42. The predicted octanol–water partition coefficient (Wildman–Crippen LogP) is 4.53. The summed E-state index contributed by atoms with van der Waals surface area (Å²) in [4.78, 5) is 15.0. The van der Waals surface area contributed by atoms with Crippen LogP contribution in [0.5, 0.6) is 0 Å². The fraction of sp³-hybridized carbons (Fsp3) is 0.522. The lowest BCUT2D eigenvalue weighted by atomic mass is 9.81. The molecular formula is C23H29N3O. The summed E-state index contributed by atoms with van der Waals surface area (Å²) in [5, 5.41) is 3.89. The number of amides is 1.